The molecule has 10 heteroatoms. The molecular formula is C19H21F2N7O. The molecule has 2 aromatic heterocycles. The van der Waals surface area contributed by atoms with E-state index < -0.39 is 6.55 Å². The Morgan fingerprint density at radius 1 is 1.38 bits per heavy atom. The molecule has 4 rings (SSSR count). The van der Waals surface area contributed by atoms with Crippen molar-refractivity contribution in [1.82, 2.24) is 30.9 Å². The topological polar surface area (TPSA) is 108 Å². The van der Waals surface area contributed by atoms with Crippen molar-refractivity contribution in [2.45, 2.75) is 50.9 Å². The fourth-order valence-corrected chi connectivity index (χ4v) is 4.27. The molecule has 1 saturated heterocycles. The molecule has 2 aliphatic rings. The molecular weight excluding hydrogens is 380 g/mol. The molecule has 4 unspecified atom stereocenters. The molecule has 1 saturated carbocycles. The van der Waals surface area contributed by atoms with Crippen LogP contribution in [0.1, 0.15) is 59.0 Å². The molecule has 8 nitrogen and oxygen atoms in total. The second kappa shape index (κ2) is 7.85. The van der Waals surface area contributed by atoms with E-state index >= 15 is 0 Å². The van der Waals surface area contributed by atoms with Crippen LogP contribution in [0.5, 0.6) is 0 Å². The first kappa shape index (κ1) is 19.4. The predicted octanol–water partition coefficient (Wildman–Crippen LogP) is 1.97. The van der Waals surface area contributed by atoms with Crippen LogP contribution in [0, 0.1) is 24.2 Å². The van der Waals surface area contributed by atoms with E-state index in [4.69, 9.17) is 5.26 Å². The lowest BCUT2D eigenvalue weighted by Crippen LogP contribution is -2.44. The summed E-state index contributed by atoms with van der Waals surface area (Å²) in [5.41, 5.74) is 8.50. The van der Waals surface area contributed by atoms with E-state index in [1.54, 1.807) is 13.0 Å². The highest BCUT2D eigenvalue weighted by molar-refractivity contribution is 5.93. The quantitative estimate of drug-likeness (QED) is 0.723. The molecule has 3 N–H and O–H groups in total. The van der Waals surface area contributed by atoms with Crippen LogP contribution in [0.3, 0.4) is 0 Å². The minimum atomic E-state index is -2.67. The number of hydrazine groups is 1. The second-order valence-corrected chi connectivity index (χ2v) is 7.55. The summed E-state index contributed by atoms with van der Waals surface area (Å²) in [6.07, 6.45) is 6.57. The Kier molecular flexibility index (Phi) is 5.25. The number of hydrogen-bond acceptors (Lipinski definition) is 6. The third kappa shape index (κ3) is 3.83. The van der Waals surface area contributed by atoms with Gasteiger partial charge in [-0.25, -0.2) is 15.1 Å². The molecule has 3 heterocycles. The van der Waals surface area contributed by atoms with Crippen molar-refractivity contribution in [2.24, 2.45) is 5.92 Å². The highest BCUT2D eigenvalue weighted by Gasteiger charge is 2.42. The number of alkyl halides is 2. The lowest BCUT2D eigenvalue weighted by Gasteiger charge is -2.33. The van der Waals surface area contributed by atoms with Crippen molar-refractivity contribution in [3.05, 3.63) is 47.0 Å². The minimum absolute atomic E-state index is 0.0464. The molecule has 152 valence electrons. The standard InChI is InChI=1S/C19H21F2N7O/c1-10-4-11(6-22)7-23-16(10)18(29)25-13-2-3-15-14(5-13)17(27-26-15)12-8-24-28(9-12)19(20)21/h4,7-9,13-15,17,19,26-27H,2-3,5H2,1H3,(H,25,29). The zero-order valence-corrected chi connectivity index (χ0v) is 15.8. The molecule has 29 heavy (non-hydrogen) atoms. The Hall–Kier alpha value is -2.90. The Labute approximate surface area is 166 Å². The Bertz CT molecular complexity index is 954. The van der Waals surface area contributed by atoms with Gasteiger partial charge in [-0.15, -0.1) is 0 Å². The summed E-state index contributed by atoms with van der Waals surface area (Å²) in [6.45, 7) is -0.920. The molecule has 1 amide bonds. The average molecular weight is 401 g/mol. The number of nitrogens with zero attached hydrogens (tertiary/aromatic N) is 4. The molecule has 1 aliphatic carbocycles. The van der Waals surface area contributed by atoms with Gasteiger partial charge in [0.25, 0.3) is 5.91 Å². The van der Waals surface area contributed by atoms with Crippen LogP contribution in [0.15, 0.2) is 24.7 Å². The average Bonchev–Trinajstić information content (AvgIpc) is 3.34. The highest BCUT2D eigenvalue weighted by Crippen LogP contribution is 2.38. The predicted molar refractivity (Wildman–Crippen MR) is 98.6 cm³/mol. The van der Waals surface area contributed by atoms with Crippen LogP contribution in [-0.2, 0) is 0 Å². The number of aryl methyl sites for hydroxylation is 1. The van der Waals surface area contributed by atoms with Gasteiger partial charge in [0.05, 0.1) is 17.8 Å². The monoisotopic (exact) mass is 401 g/mol. The number of aromatic nitrogens is 3. The van der Waals surface area contributed by atoms with Gasteiger partial charge in [0, 0.05) is 30.0 Å². The fourth-order valence-electron chi connectivity index (χ4n) is 4.27. The van der Waals surface area contributed by atoms with E-state index in [9.17, 15) is 13.6 Å². The van der Waals surface area contributed by atoms with E-state index in [0.29, 0.717) is 33.5 Å². The van der Waals surface area contributed by atoms with Gasteiger partial charge >= 0.3 is 6.55 Å². The number of hydrogen-bond donors (Lipinski definition) is 3. The molecule has 4 atom stereocenters. The van der Waals surface area contributed by atoms with Crippen molar-refractivity contribution in [2.75, 3.05) is 0 Å². The SMILES string of the molecule is Cc1cc(C#N)cnc1C(=O)NC1CCC2NNC(c3cnn(C(F)F)c3)C2C1. The van der Waals surface area contributed by atoms with Crippen molar-refractivity contribution >= 4 is 5.91 Å². The van der Waals surface area contributed by atoms with Gasteiger partial charge < -0.3 is 5.32 Å². The van der Waals surface area contributed by atoms with Crippen LogP contribution >= 0.6 is 0 Å². The van der Waals surface area contributed by atoms with E-state index in [0.717, 1.165) is 12.8 Å². The molecule has 1 aliphatic heterocycles. The fraction of sp³-hybridized carbons (Fsp3) is 0.474. The number of nitrogens with one attached hydrogen (secondary N) is 3. The normalized spacial score (nSPS) is 26.2. The summed E-state index contributed by atoms with van der Waals surface area (Å²) in [4.78, 5) is 16.8. The summed E-state index contributed by atoms with van der Waals surface area (Å²) in [7, 11) is 0. The maximum absolute atomic E-state index is 12.8. The first-order valence-electron chi connectivity index (χ1n) is 9.47. The summed E-state index contributed by atoms with van der Waals surface area (Å²) in [5.74, 6) is -0.129. The van der Waals surface area contributed by atoms with Crippen molar-refractivity contribution in [1.29, 1.82) is 5.26 Å². The Morgan fingerprint density at radius 2 is 2.21 bits per heavy atom. The Balaban J connectivity index is 1.44. The van der Waals surface area contributed by atoms with Gasteiger partial charge in [0.2, 0.25) is 0 Å². The van der Waals surface area contributed by atoms with Crippen molar-refractivity contribution < 1.29 is 13.6 Å². The molecule has 0 spiro atoms. The van der Waals surface area contributed by atoms with Gasteiger partial charge in [-0.05, 0) is 43.7 Å². The largest absolute Gasteiger partial charge is 0.348 e. The summed E-state index contributed by atoms with van der Waals surface area (Å²) in [5, 5.41) is 15.7. The van der Waals surface area contributed by atoms with Gasteiger partial charge in [-0.1, -0.05) is 0 Å². The third-order valence-electron chi connectivity index (χ3n) is 5.69. The van der Waals surface area contributed by atoms with Crippen LogP contribution in [0.4, 0.5) is 8.78 Å². The maximum atomic E-state index is 12.8. The number of halogens is 2. The van der Waals surface area contributed by atoms with E-state index in [1.165, 1.54) is 18.6 Å². The lowest BCUT2D eigenvalue weighted by atomic mass is 9.77. The van der Waals surface area contributed by atoms with E-state index in [1.807, 2.05) is 6.07 Å². The van der Waals surface area contributed by atoms with Crippen molar-refractivity contribution in [3.63, 3.8) is 0 Å². The van der Waals surface area contributed by atoms with Crippen molar-refractivity contribution in [3.8, 4) is 6.07 Å². The molecule has 2 aromatic rings. The maximum Gasteiger partial charge on any atom is 0.333 e. The minimum Gasteiger partial charge on any atom is -0.348 e. The first-order chi connectivity index (χ1) is 14.0. The zero-order chi connectivity index (χ0) is 20.5. The molecule has 0 aromatic carbocycles. The number of fused-ring (bicyclic) bond motifs is 1. The van der Waals surface area contributed by atoms with Crippen LogP contribution in [0.2, 0.25) is 0 Å². The third-order valence-corrected chi connectivity index (χ3v) is 5.69. The number of rotatable bonds is 4. The van der Waals surface area contributed by atoms with Gasteiger partial charge in [0.1, 0.15) is 11.8 Å². The number of nitriles is 1. The van der Waals surface area contributed by atoms with E-state index in [2.05, 4.69) is 26.3 Å². The summed E-state index contributed by atoms with van der Waals surface area (Å²) < 4.78 is 26.3. The number of carbonyl (C=O) groups excluding carboxylic acids is 1. The number of pyridine rings is 1. The highest BCUT2D eigenvalue weighted by atomic mass is 19.3. The summed E-state index contributed by atoms with van der Waals surface area (Å²) >= 11 is 0. The van der Waals surface area contributed by atoms with Crippen LogP contribution in [0.25, 0.3) is 0 Å². The smallest absolute Gasteiger partial charge is 0.333 e. The van der Waals surface area contributed by atoms with Gasteiger partial charge in [0.15, 0.2) is 0 Å². The van der Waals surface area contributed by atoms with Gasteiger partial charge in [-0.2, -0.15) is 19.1 Å². The van der Waals surface area contributed by atoms with Crippen LogP contribution in [-0.4, -0.2) is 32.8 Å². The van der Waals surface area contributed by atoms with Gasteiger partial charge in [-0.3, -0.25) is 10.2 Å². The zero-order valence-electron chi connectivity index (χ0n) is 15.8. The molecule has 2 fully saturated rings. The number of carbonyl (C=O) groups is 1. The second-order valence-electron chi connectivity index (χ2n) is 7.55. The van der Waals surface area contributed by atoms with E-state index in [-0.39, 0.29) is 30.0 Å². The lowest BCUT2D eigenvalue weighted by molar-refractivity contribution is 0.0564. The summed E-state index contributed by atoms with van der Waals surface area (Å²) in [6, 6.07) is 3.66. The molecule has 0 radical (unpaired) electrons. The Morgan fingerprint density at radius 3 is 2.90 bits per heavy atom. The van der Waals surface area contributed by atoms with Crippen LogP contribution < -0.4 is 16.2 Å². The first-order valence-corrected chi connectivity index (χ1v) is 9.47. The number of amides is 1. The molecule has 0 bridgehead atoms.